The van der Waals surface area contributed by atoms with Crippen molar-refractivity contribution in [2.75, 3.05) is 0 Å². The second kappa shape index (κ2) is 6.99. The summed E-state index contributed by atoms with van der Waals surface area (Å²) in [5.41, 5.74) is 3.37. The van der Waals surface area contributed by atoms with Crippen molar-refractivity contribution < 1.29 is 4.79 Å². The van der Waals surface area contributed by atoms with Crippen LogP contribution in [0.5, 0.6) is 0 Å². The van der Waals surface area contributed by atoms with E-state index in [0.717, 1.165) is 30.5 Å². The molecule has 1 saturated carbocycles. The number of rotatable bonds is 4. The Morgan fingerprint density at radius 2 is 2.00 bits per heavy atom. The van der Waals surface area contributed by atoms with Crippen molar-refractivity contribution in [2.45, 2.75) is 45.1 Å². The number of benzene rings is 1. The molecule has 2 atom stereocenters. The zero-order valence-corrected chi connectivity index (χ0v) is 14.0. The summed E-state index contributed by atoms with van der Waals surface area (Å²) in [5.74, 6) is 0.616. The molecule has 1 aromatic heterocycles. The summed E-state index contributed by atoms with van der Waals surface area (Å²) in [5, 5.41) is 7.46. The first-order valence-corrected chi connectivity index (χ1v) is 8.47. The predicted octanol–water partition coefficient (Wildman–Crippen LogP) is 3.32. The molecule has 1 aromatic carbocycles. The number of hydrogen-bond acceptors (Lipinski definition) is 2. The molecular formula is C19H25N3O. The molecule has 1 fully saturated rings. The maximum Gasteiger partial charge on any atom is 0.223 e. The van der Waals surface area contributed by atoms with Crippen LogP contribution in [0.4, 0.5) is 0 Å². The van der Waals surface area contributed by atoms with Gasteiger partial charge in [0.1, 0.15) is 0 Å². The van der Waals surface area contributed by atoms with Crippen molar-refractivity contribution in [3.05, 3.63) is 53.3 Å². The number of carbonyl (C=O) groups excluding carboxylic acids is 1. The average Bonchev–Trinajstić information content (AvgIpc) is 2.91. The van der Waals surface area contributed by atoms with Gasteiger partial charge in [0.25, 0.3) is 0 Å². The molecule has 0 aliphatic heterocycles. The maximum atomic E-state index is 12.7. The molecule has 0 radical (unpaired) electrons. The van der Waals surface area contributed by atoms with Gasteiger partial charge in [0, 0.05) is 31.3 Å². The summed E-state index contributed by atoms with van der Waals surface area (Å²) >= 11 is 0. The van der Waals surface area contributed by atoms with E-state index in [9.17, 15) is 4.79 Å². The highest BCUT2D eigenvalue weighted by Crippen LogP contribution is 2.37. The normalized spacial score (nSPS) is 21.1. The zero-order valence-electron chi connectivity index (χ0n) is 14.0. The van der Waals surface area contributed by atoms with E-state index in [1.54, 1.807) is 4.68 Å². The second-order valence-electron chi connectivity index (χ2n) is 6.54. The lowest BCUT2D eigenvalue weighted by molar-refractivity contribution is -0.126. The van der Waals surface area contributed by atoms with E-state index in [2.05, 4.69) is 34.7 Å². The Bertz CT molecular complexity index is 663. The van der Waals surface area contributed by atoms with Crippen LogP contribution in [-0.4, -0.2) is 15.7 Å². The van der Waals surface area contributed by atoms with Gasteiger partial charge >= 0.3 is 0 Å². The van der Waals surface area contributed by atoms with E-state index in [1.807, 2.05) is 26.2 Å². The molecule has 23 heavy (non-hydrogen) atoms. The quantitative estimate of drug-likeness (QED) is 0.941. The van der Waals surface area contributed by atoms with Gasteiger partial charge in [0.15, 0.2) is 0 Å². The average molecular weight is 311 g/mol. The number of aryl methyl sites for hydroxylation is 2. The van der Waals surface area contributed by atoms with E-state index in [-0.39, 0.29) is 11.8 Å². The minimum atomic E-state index is 0.0862. The second-order valence-corrected chi connectivity index (χ2v) is 6.54. The van der Waals surface area contributed by atoms with Crippen molar-refractivity contribution in [3.63, 3.8) is 0 Å². The van der Waals surface area contributed by atoms with E-state index in [4.69, 9.17) is 0 Å². The van der Waals surface area contributed by atoms with Crippen LogP contribution in [0.25, 0.3) is 0 Å². The van der Waals surface area contributed by atoms with Gasteiger partial charge in [-0.2, -0.15) is 5.10 Å². The molecule has 1 aliphatic rings. The van der Waals surface area contributed by atoms with E-state index in [1.165, 1.54) is 12.0 Å². The molecule has 0 unspecified atom stereocenters. The van der Waals surface area contributed by atoms with Gasteiger partial charge < -0.3 is 5.32 Å². The summed E-state index contributed by atoms with van der Waals surface area (Å²) in [6.45, 7) is 2.55. The van der Waals surface area contributed by atoms with Crippen molar-refractivity contribution in [2.24, 2.45) is 13.0 Å². The molecule has 0 bridgehead atoms. The summed E-state index contributed by atoms with van der Waals surface area (Å²) in [6, 6.07) is 10.5. The topological polar surface area (TPSA) is 46.9 Å². The fourth-order valence-corrected chi connectivity index (χ4v) is 3.68. The molecule has 0 spiro atoms. The van der Waals surface area contributed by atoms with Gasteiger partial charge in [-0.05, 0) is 31.2 Å². The van der Waals surface area contributed by atoms with Gasteiger partial charge in [-0.15, -0.1) is 0 Å². The van der Waals surface area contributed by atoms with Crippen LogP contribution in [-0.2, 0) is 18.4 Å². The highest BCUT2D eigenvalue weighted by atomic mass is 16.1. The van der Waals surface area contributed by atoms with Crippen LogP contribution in [0.15, 0.2) is 36.5 Å². The summed E-state index contributed by atoms with van der Waals surface area (Å²) in [4.78, 5) is 12.7. The number of aromatic nitrogens is 2. The molecule has 4 heteroatoms. The lowest BCUT2D eigenvalue weighted by atomic mass is 9.75. The molecule has 1 heterocycles. The molecule has 0 saturated heterocycles. The van der Waals surface area contributed by atoms with Crippen LogP contribution in [0, 0.1) is 12.8 Å². The fourth-order valence-electron chi connectivity index (χ4n) is 3.68. The lowest BCUT2D eigenvalue weighted by Crippen LogP contribution is -2.35. The van der Waals surface area contributed by atoms with Crippen molar-refractivity contribution in [1.29, 1.82) is 0 Å². The Morgan fingerprint density at radius 1 is 1.26 bits per heavy atom. The standard InChI is InChI=1S/C19H25N3O/c1-14-16(13-22(2)21-14)12-20-19(23)18-11-7-6-10-17(18)15-8-4-3-5-9-15/h3-5,8-9,13,17-18H,6-7,10-12H2,1-2H3,(H,20,23)/t17-,18-/m1/s1. The van der Waals surface area contributed by atoms with E-state index in [0.29, 0.717) is 12.5 Å². The van der Waals surface area contributed by atoms with E-state index >= 15 is 0 Å². The number of nitrogens with one attached hydrogen (secondary N) is 1. The third-order valence-electron chi connectivity index (χ3n) is 4.90. The Labute approximate surface area is 137 Å². The van der Waals surface area contributed by atoms with Crippen molar-refractivity contribution in [1.82, 2.24) is 15.1 Å². The minimum Gasteiger partial charge on any atom is -0.352 e. The highest BCUT2D eigenvalue weighted by Gasteiger charge is 2.31. The van der Waals surface area contributed by atoms with Gasteiger partial charge in [0.05, 0.1) is 5.69 Å². The first-order chi connectivity index (χ1) is 11.1. The fraction of sp³-hybridized carbons (Fsp3) is 0.474. The van der Waals surface area contributed by atoms with Gasteiger partial charge in [0.2, 0.25) is 5.91 Å². The summed E-state index contributed by atoms with van der Waals surface area (Å²) in [6.07, 6.45) is 6.43. The van der Waals surface area contributed by atoms with Crippen molar-refractivity contribution in [3.8, 4) is 0 Å². The number of hydrogen-bond donors (Lipinski definition) is 1. The van der Waals surface area contributed by atoms with Gasteiger partial charge in [-0.3, -0.25) is 9.48 Å². The van der Waals surface area contributed by atoms with Crippen molar-refractivity contribution >= 4 is 5.91 Å². The van der Waals surface area contributed by atoms with Crippen LogP contribution in [0.1, 0.15) is 48.4 Å². The third kappa shape index (κ3) is 3.63. The Kier molecular flexibility index (Phi) is 4.79. The molecule has 2 aromatic rings. The molecule has 3 rings (SSSR count). The number of nitrogens with zero attached hydrogens (tertiary/aromatic N) is 2. The van der Waals surface area contributed by atoms with Crippen LogP contribution < -0.4 is 5.32 Å². The van der Waals surface area contributed by atoms with Crippen LogP contribution >= 0.6 is 0 Å². The molecular weight excluding hydrogens is 286 g/mol. The minimum absolute atomic E-state index is 0.0862. The monoisotopic (exact) mass is 311 g/mol. The largest absolute Gasteiger partial charge is 0.352 e. The van der Waals surface area contributed by atoms with E-state index < -0.39 is 0 Å². The maximum absolute atomic E-state index is 12.7. The first-order valence-electron chi connectivity index (χ1n) is 8.47. The molecule has 1 amide bonds. The Morgan fingerprint density at radius 3 is 2.70 bits per heavy atom. The Hall–Kier alpha value is -2.10. The highest BCUT2D eigenvalue weighted by molar-refractivity contribution is 5.79. The molecule has 1 aliphatic carbocycles. The third-order valence-corrected chi connectivity index (χ3v) is 4.90. The molecule has 122 valence electrons. The zero-order chi connectivity index (χ0) is 16.2. The molecule has 1 N–H and O–H groups in total. The smallest absolute Gasteiger partial charge is 0.223 e. The van der Waals surface area contributed by atoms with Gasteiger partial charge in [-0.25, -0.2) is 0 Å². The van der Waals surface area contributed by atoms with Gasteiger partial charge in [-0.1, -0.05) is 43.2 Å². The first kappa shape index (κ1) is 15.8. The van der Waals surface area contributed by atoms with Crippen LogP contribution in [0.2, 0.25) is 0 Å². The lowest BCUT2D eigenvalue weighted by Gasteiger charge is -2.31. The summed E-state index contributed by atoms with van der Waals surface area (Å²) in [7, 11) is 1.91. The van der Waals surface area contributed by atoms with Crippen LogP contribution in [0.3, 0.4) is 0 Å². The SMILES string of the molecule is Cc1nn(C)cc1CNC(=O)[C@@H]1CCCC[C@@H]1c1ccccc1. The number of amides is 1. The summed E-state index contributed by atoms with van der Waals surface area (Å²) < 4.78 is 1.80. The predicted molar refractivity (Wildman–Crippen MR) is 90.9 cm³/mol. The number of carbonyl (C=O) groups is 1. The molecule has 4 nitrogen and oxygen atoms in total. The Balaban J connectivity index is 1.68.